The van der Waals surface area contributed by atoms with E-state index in [0.29, 0.717) is 6.20 Å². The normalized spacial score (nSPS) is 11.6. The summed E-state index contributed by atoms with van der Waals surface area (Å²) >= 11 is 0. The molecule has 1 N–H and O–H groups in total. The van der Waals surface area contributed by atoms with E-state index in [1.165, 1.54) is 0 Å². The van der Waals surface area contributed by atoms with E-state index in [2.05, 4.69) is 0 Å². The van der Waals surface area contributed by atoms with E-state index in [1.54, 1.807) is 4.98 Å². The lowest BCUT2D eigenvalue weighted by Gasteiger charge is -2.05. The van der Waals surface area contributed by atoms with Gasteiger partial charge in [0.05, 0.1) is 18.6 Å². The maximum Gasteiger partial charge on any atom is 0.330 e. The molecule has 1 aromatic heterocycles. The number of H-pyrrole nitrogens is 1. The zero-order chi connectivity index (χ0) is 13.1. The minimum Gasteiger partial charge on any atom is -0.360 e. The lowest BCUT2D eigenvalue weighted by atomic mass is 10.6. The van der Waals surface area contributed by atoms with Gasteiger partial charge in [-0.15, -0.1) is 0 Å². The van der Waals surface area contributed by atoms with Crippen LogP contribution in [0.25, 0.3) is 0 Å². The predicted molar refractivity (Wildman–Crippen MR) is 56.9 cm³/mol. The van der Waals surface area contributed by atoms with Crippen molar-refractivity contribution in [2.24, 2.45) is 0 Å². The van der Waals surface area contributed by atoms with Gasteiger partial charge in [0.2, 0.25) is 5.82 Å². The third kappa shape index (κ3) is 4.49. The van der Waals surface area contributed by atoms with Gasteiger partial charge in [-0.3, -0.25) is 14.3 Å². The Balaban J connectivity index is 2.62. The summed E-state index contributed by atoms with van der Waals surface area (Å²) in [7, 11) is -3.15. The fourth-order valence-corrected chi connectivity index (χ4v) is 1.37. The molecule has 0 fully saturated rings. The zero-order valence-electron chi connectivity index (χ0n) is 8.97. The first kappa shape index (κ1) is 13.6. The van der Waals surface area contributed by atoms with Crippen molar-refractivity contribution in [3.05, 3.63) is 32.9 Å². The minimum atomic E-state index is -3.15. The second-order valence-electron chi connectivity index (χ2n) is 3.37. The highest BCUT2D eigenvalue weighted by atomic mass is 32.2. The van der Waals surface area contributed by atoms with Crippen LogP contribution in [0, 0.1) is 5.82 Å². The molecule has 0 spiro atoms. The molecule has 0 radical (unpaired) electrons. The highest BCUT2D eigenvalue weighted by molar-refractivity contribution is 7.90. The molecule has 0 saturated heterocycles. The molecule has 7 nitrogen and oxygen atoms in total. The van der Waals surface area contributed by atoms with Crippen LogP contribution in [0.1, 0.15) is 0 Å². The van der Waals surface area contributed by atoms with Gasteiger partial charge >= 0.3 is 5.69 Å². The first-order chi connectivity index (χ1) is 7.79. The van der Waals surface area contributed by atoms with E-state index in [-0.39, 0.29) is 19.1 Å². The maximum atomic E-state index is 12.8. The van der Waals surface area contributed by atoms with Gasteiger partial charge in [0.1, 0.15) is 16.6 Å². The van der Waals surface area contributed by atoms with Crippen LogP contribution in [0.3, 0.4) is 0 Å². The summed E-state index contributed by atoms with van der Waals surface area (Å²) in [5.74, 6) is -1.32. The third-order valence-corrected chi connectivity index (χ3v) is 2.70. The molecule has 9 heteroatoms. The van der Waals surface area contributed by atoms with Gasteiger partial charge in [-0.05, 0) is 0 Å². The van der Waals surface area contributed by atoms with Gasteiger partial charge in [-0.1, -0.05) is 0 Å². The molecule has 0 aromatic carbocycles. The van der Waals surface area contributed by atoms with Gasteiger partial charge < -0.3 is 4.74 Å². The molecule has 0 aliphatic rings. The fourth-order valence-electron chi connectivity index (χ4n) is 0.952. The van der Waals surface area contributed by atoms with Gasteiger partial charge in [-0.25, -0.2) is 13.2 Å². The molecule has 0 unspecified atom stereocenters. The van der Waals surface area contributed by atoms with E-state index in [4.69, 9.17) is 4.74 Å². The van der Waals surface area contributed by atoms with Crippen molar-refractivity contribution in [2.75, 3.05) is 18.6 Å². The van der Waals surface area contributed by atoms with E-state index < -0.39 is 26.9 Å². The molecule has 0 saturated carbocycles. The molecule has 1 aromatic rings. The van der Waals surface area contributed by atoms with Crippen LogP contribution in [0.4, 0.5) is 4.39 Å². The highest BCUT2D eigenvalue weighted by Crippen LogP contribution is 1.88. The van der Waals surface area contributed by atoms with Gasteiger partial charge in [0, 0.05) is 6.26 Å². The molecule has 1 heterocycles. The summed E-state index contributed by atoms with van der Waals surface area (Å²) in [6.07, 6.45) is 1.74. The van der Waals surface area contributed by atoms with E-state index in [9.17, 15) is 22.4 Å². The summed E-state index contributed by atoms with van der Waals surface area (Å²) in [6.45, 7) is -0.450. The van der Waals surface area contributed by atoms with Crippen molar-refractivity contribution in [3.63, 3.8) is 0 Å². The van der Waals surface area contributed by atoms with Crippen LogP contribution in [0.5, 0.6) is 0 Å². The van der Waals surface area contributed by atoms with Crippen molar-refractivity contribution in [2.45, 2.75) is 6.73 Å². The second-order valence-corrected chi connectivity index (χ2v) is 5.63. The molecule has 0 atom stereocenters. The summed E-state index contributed by atoms with van der Waals surface area (Å²) in [5.41, 5.74) is -1.93. The van der Waals surface area contributed by atoms with Crippen LogP contribution in [0.2, 0.25) is 0 Å². The topological polar surface area (TPSA) is 98.2 Å². The average molecular weight is 266 g/mol. The quantitative estimate of drug-likeness (QED) is 0.667. The number of hydrogen-bond donors (Lipinski definition) is 1. The minimum absolute atomic E-state index is 0.119. The lowest BCUT2D eigenvalue weighted by Crippen LogP contribution is -2.32. The first-order valence-corrected chi connectivity index (χ1v) is 6.60. The molecule has 0 aliphatic heterocycles. The molecular weight excluding hydrogens is 255 g/mol. The van der Waals surface area contributed by atoms with Crippen molar-refractivity contribution in [1.29, 1.82) is 0 Å². The van der Waals surface area contributed by atoms with Crippen molar-refractivity contribution in [1.82, 2.24) is 9.55 Å². The van der Waals surface area contributed by atoms with Crippen LogP contribution in [-0.4, -0.2) is 36.6 Å². The van der Waals surface area contributed by atoms with Crippen LogP contribution < -0.4 is 11.2 Å². The number of ether oxygens (including phenoxy) is 1. The molecule has 96 valence electrons. The Morgan fingerprint density at radius 2 is 2.12 bits per heavy atom. The molecule has 0 amide bonds. The van der Waals surface area contributed by atoms with Gasteiger partial charge in [-0.2, -0.15) is 4.39 Å². The standard InChI is InChI=1S/C8H11FN2O5S/c1-17(14,15)3-2-16-5-11-4-6(9)7(12)10-8(11)13/h4H,2-3,5H2,1H3,(H,10,12,13). The van der Waals surface area contributed by atoms with E-state index >= 15 is 0 Å². The number of aromatic amines is 1. The second kappa shape index (κ2) is 5.23. The number of rotatable bonds is 5. The monoisotopic (exact) mass is 266 g/mol. The van der Waals surface area contributed by atoms with Gasteiger partial charge in [0.25, 0.3) is 5.56 Å². The molecular formula is C8H11FN2O5S. The van der Waals surface area contributed by atoms with Crippen molar-refractivity contribution < 1.29 is 17.5 Å². The third-order valence-electron chi connectivity index (χ3n) is 1.80. The average Bonchev–Trinajstić information content (AvgIpc) is 2.18. The predicted octanol–water partition coefficient (Wildman–Crippen LogP) is -1.31. The smallest absolute Gasteiger partial charge is 0.330 e. The number of aromatic nitrogens is 2. The number of nitrogens with zero attached hydrogens (tertiary/aromatic N) is 1. The number of hydrogen-bond acceptors (Lipinski definition) is 5. The van der Waals surface area contributed by atoms with E-state index in [1.807, 2.05) is 0 Å². The Morgan fingerprint density at radius 3 is 2.71 bits per heavy atom. The molecule has 0 aliphatic carbocycles. The Labute approximate surface area is 95.8 Å². The SMILES string of the molecule is CS(=O)(=O)CCOCn1cc(F)c(=O)[nH]c1=O. The van der Waals surface area contributed by atoms with Crippen LogP contribution >= 0.6 is 0 Å². The van der Waals surface area contributed by atoms with Crippen LogP contribution in [-0.2, 0) is 21.3 Å². The lowest BCUT2D eigenvalue weighted by molar-refractivity contribution is 0.0847. The van der Waals surface area contributed by atoms with Crippen molar-refractivity contribution >= 4 is 9.84 Å². The summed E-state index contributed by atoms with van der Waals surface area (Å²) < 4.78 is 40.0. The Kier molecular flexibility index (Phi) is 4.18. The van der Waals surface area contributed by atoms with E-state index in [0.717, 1.165) is 10.8 Å². The van der Waals surface area contributed by atoms with Crippen molar-refractivity contribution in [3.8, 4) is 0 Å². The number of sulfone groups is 1. The fraction of sp³-hybridized carbons (Fsp3) is 0.500. The van der Waals surface area contributed by atoms with Crippen LogP contribution in [0.15, 0.2) is 15.8 Å². The summed E-state index contributed by atoms with van der Waals surface area (Å²) in [5, 5.41) is 0. The summed E-state index contributed by atoms with van der Waals surface area (Å²) in [6, 6.07) is 0. The van der Waals surface area contributed by atoms with Gasteiger partial charge in [0.15, 0.2) is 0 Å². The number of halogens is 1. The molecule has 17 heavy (non-hydrogen) atoms. The zero-order valence-corrected chi connectivity index (χ0v) is 9.79. The molecule has 0 bridgehead atoms. The Morgan fingerprint density at radius 1 is 1.47 bits per heavy atom. The Hall–Kier alpha value is -1.48. The number of nitrogens with one attached hydrogen (secondary N) is 1. The molecule has 1 rings (SSSR count). The maximum absolute atomic E-state index is 12.8. The first-order valence-electron chi connectivity index (χ1n) is 4.54. The summed E-state index contributed by atoms with van der Waals surface area (Å²) in [4.78, 5) is 23.6. The largest absolute Gasteiger partial charge is 0.360 e. The Bertz CT molecular complexity index is 603. The highest BCUT2D eigenvalue weighted by Gasteiger charge is 2.05.